The molecule has 0 bridgehead atoms. The summed E-state index contributed by atoms with van der Waals surface area (Å²) in [5.74, 6) is -0.428. The summed E-state index contributed by atoms with van der Waals surface area (Å²) in [4.78, 5) is 33.2. The maximum atomic E-state index is 13.6. The molecule has 7 nitrogen and oxygen atoms in total. The minimum Gasteiger partial charge on any atom is -0.507 e. The van der Waals surface area contributed by atoms with E-state index in [-0.39, 0.29) is 16.7 Å². The van der Waals surface area contributed by atoms with E-state index in [1.165, 1.54) is 16.2 Å². The van der Waals surface area contributed by atoms with E-state index in [0.717, 1.165) is 10.3 Å². The number of aromatic nitrogens is 1. The molecular weight excluding hydrogens is 512 g/mol. The van der Waals surface area contributed by atoms with Crippen molar-refractivity contribution in [3.05, 3.63) is 89.0 Å². The molecule has 200 valence electrons. The fraction of sp³-hybridized carbons (Fsp3) is 0.258. The predicted molar refractivity (Wildman–Crippen MR) is 154 cm³/mol. The molecule has 8 heteroatoms. The maximum absolute atomic E-state index is 13.6. The monoisotopic (exact) mass is 542 g/mol. The lowest BCUT2D eigenvalue weighted by Gasteiger charge is -2.24. The van der Waals surface area contributed by atoms with E-state index < -0.39 is 17.7 Å². The van der Waals surface area contributed by atoms with E-state index in [4.69, 9.17) is 14.5 Å². The molecule has 1 fully saturated rings. The minimum absolute atomic E-state index is 0.0166. The Kier molecular flexibility index (Phi) is 6.91. The third-order valence-electron chi connectivity index (χ3n) is 6.77. The first-order valence-corrected chi connectivity index (χ1v) is 13.5. The van der Waals surface area contributed by atoms with Crippen molar-refractivity contribution < 1.29 is 24.2 Å². The number of ether oxygens (including phenoxy) is 2. The van der Waals surface area contributed by atoms with Crippen LogP contribution in [0.15, 0.2) is 72.3 Å². The number of amides is 1. The number of Topliss-reactive ketones (excluding diaryl/α,β-unsaturated/α-hetero) is 1. The number of carbonyl (C=O) groups is 2. The maximum Gasteiger partial charge on any atom is 0.301 e. The Morgan fingerprint density at radius 2 is 1.67 bits per heavy atom. The van der Waals surface area contributed by atoms with Gasteiger partial charge in [0, 0.05) is 5.56 Å². The molecule has 1 aliphatic rings. The average Bonchev–Trinajstić information content (AvgIpc) is 3.45. The second-order valence-corrected chi connectivity index (χ2v) is 11.3. The molecule has 0 radical (unpaired) electrons. The molecule has 0 aliphatic carbocycles. The van der Waals surface area contributed by atoms with E-state index >= 15 is 0 Å². The van der Waals surface area contributed by atoms with Crippen molar-refractivity contribution in [2.24, 2.45) is 0 Å². The van der Waals surface area contributed by atoms with Crippen molar-refractivity contribution in [1.82, 2.24) is 4.98 Å². The van der Waals surface area contributed by atoms with Gasteiger partial charge in [-0.1, -0.05) is 56.4 Å². The molecule has 1 amide bonds. The lowest BCUT2D eigenvalue weighted by atomic mass is 9.85. The Bertz CT molecular complexity index is 1580. The van der Waals surface area contributed by atoms with Crippen LogP contribution >= 0.6 is 11.3 Å². The SMILES string of the molecule is CCOc1ccc2nc(N3C(=O)C(=O)C(=C(O)c4ccc(OC)cc4)C3c3ccc(C(C)(C)C)cc3)sc2c1. The van der Waals surface area contributed by atoms with Crippen LogP contribution in [0.4, 0.5) is 5.13 Å². The van der Waals surface area contributed by atoms with Gasteiger partial charge in [-0.15, -0.1) is 0 Å². The van der Waals surface area contributed by atoms with Crippen molar-refractivity contribution in [1.29, 1.82) is 0 Å². The topological polar surface area (TPSA) is 89.0 Å². The lowest BCUT2D eigenvalue weighted by molar-refractivity contribution is -0.132. The smallest absolute Gasteiger partial charge is 0.301 e. The molecule has 5 rings (SSSR count). The summed E-state index contributed by atoms with van der Waals surface area (Å²) in [5, 5.41) is 11.8. The van der Waals surface area contributed by atoms with E-state index in [2.05, 4.69) is 20.8 Å². The molecule has 0 saturated carbocycles. The molecular formula is C31H30N2O5S. The number of hydrogen-bond acceptors (Lipinski definition) is 7. The van der Waals surface area contributed by atoms with Gasteiger partial charge in [0.15, 0.2) is 5.13 Å². The van der Waals surface area contributed by atoms with Crippen LogP contribution in [0.2, 0.25) is 0 Å². The number of hydrogen-bond donors (Lipinski definition) is 1. The van der Waals surface area contributed by atoms with Gasteiger partial charge in [-0.25, -0.2) is 4.98 Å². The van der Waals surface area contributed by atoms with Crippen molar-refractivity contribution >= 4 is 44.1 Å². The predicted octanol–water partition coefficient (Wildman–Crippen LogP) is 6.63. The Morgan fingerprint density at radius 1 is 1.00 bits per heavy atom. The molecule has 1 unspecified atom stereocenters. The first-order valence-electron chi connectivity index (χ1n) is 12.7. The lowest BCUT2D eigenvalue weighted by Crippen LogP contribution is -2.29. The second-order valence-electron chi connectivity index (χ2n) is 10.3. The number of aliphatic hydroxyl groups is 1. The Labute approximate surface area is 231 Å². The van der Waals surface area contributed by atoms with Crippen molar-refractivity contribution in [2.45, 2.75) is 39.2 Å². The number of rotatable bonds is 6. The average molecular weight is 543 g/mol. The van der Waals surface area contributed by atoms with Crippen molar-refractivity contribution in [3.63, 3.8) is 0 Å². The number of aliphatic hydroxyl groups excluding tert-OH is 1. The van der Waals surface area contributed by atoms with Gasteiger partial charge >= 0.3 is 5.91 Å². The molecule has 1 N–H and O–H groups in total. The molecule has 3 aromatic carbocycles. The summed E-state index contributed by atoms with van der Waals surface area (Å²) in [6.07, 6.45) is 0. The van der Waals surface area contributed by atoms with Gasteiger partial charge in [0.05, 0.1) is 35.5 Å². The van der Waals surface area contributed by atoms with Gasteiger partial charge in [0.2, 0.25) is 0 Å². The second kappa shape index (κ2) is 10.2. The largest absolute Gasteiger partial charge is 0.507 e. The van der Waals surface area contributed by atoms with Gasteiger partial charge in [-0.2, -0.15) is 0 Å². The van der Waals surface area contributed by atoms with Crippen molar-refractivity contribution in [2.75, 3.05) is 18.6 Å². The zero-order valence-electron chi connectivity index (χ0n) is 22.5. The molecule has 2 heterocycles. The number of benzene rings is 3. The first kappa shape index (κ1) is 26.4. The van der Waals surface area contributed by atoms with Gasteiger partial charge in [-0.05, 0) is 65.9 Å². The Morgan fingerprint density at radius 3 is 2.28 bits per heavy atom. The summed E-state index contributed by atoms with van der Waals surface area (Å²) in [6.45, 7) is 8.80. The molecule has 1 aromatic heterocycles. The molecule has 1 aliphatic heterocycles. The van der Waals surface area contributed by atoms with Gasteiger partial charge in [0.25, 0.3) is 5.78 Å². The van der Waals surface area contributed by atoms with Crippen LogP contribution in [0.5, 0.6) is 11.5 Å². The molecule has 0 spiro atoms. The number of nitrogens with zero attached hydrogens (tertiary/aromatic N) is 2. The molecule has 39 heavy (non-hydrogen) atoms. The van der Waals surface area contributed by atoms with Crippen LogP contribution in [0.3, 0.4) is 0 Å². The minimum atomic E-state index is -0.854. The van der Waals surface area contributed by atoms with Gasteiger partial charge in [-0.3, -0.25) is 14.5 Å². The summed E-state index contributed by atoms with van der Waals surface area (Å²) >= 11 is 1.30. The van der Waals surface area contributed by atoms with E-state index in [0.29, 0.717) is 39.9 Å². The highest BCUT2D eigenvalue weighted by Gasteiger charge is 2.48. The number of fused-ring (bicyclic) bond motifs is 1. The van der Waals surface area contributed by atoms with Crippen LogP contribution in [-0.4, -0.2) is 35.5 Å². The summed E-state index contributed by atoms with van der Waals surface area (Å²) in [7, 11) is 1.55. The van der Waals surface area contributed by atoms with Crippen LogP contribution in [0.1, 0.15) is 50.4 Å². The zero-order chi connectivity index (χ0) is 27.9. The van der Waals surface area contributed by atoms with E-state index in [9.17, 15) is 14.7 Å². The van der Waals surface area contributed by atoms with Gasteiger partial charge in [0.1, 0.15) is 17.3 Å². The zero-order valence-corrected chi connectivity index (χ0v) is 23.3. The highest BCUT2D eigenvalue weighted by molar-refractivity contribution is 7.22. The van der Waals surface area contributed by atoms with Gasteiger partial charge < -0.3 is 14.6 Å². The first-order chi connectivity index (χ1) is 18.6. The van der Waals surface area contributed by atoms with Crippen LogP contribution in [0, 0.1) is 0 Å². The van der Waals surface area contributed by atoms with Crippen molar-refractivity contribution in [3.8, 4) is 11.5 Å². The normalized spacial score (nSPS) is 17.2. The quantitative estimate of drug-likeness (QED) is 0.167. The number of ketones is 1. The van der Waals surface area contributed by atoms with Crippen LogP contribution in [-0.2, 0) is 15.0 Å². The number of methoxy groups -OCH3 is 1. The van der Waals surface area contributed by atoms with Crippen LogP contribution < -0.4 is 14.4 Å². The molecule has 1 atom stereocenters. The Hall–Kier alpha value is -4.17. The summed E-state index contributed by atoms with van der Waals surface area (Å²) in [6, 6.07) is 19.2. The Balaban J connectivity index is 1.68. The third kappa shape index (κ3) is 4.88. The molecule has 1 saturated heterocycles. The standard InChI is InChI=1S/C31H30N2O5S/c1-6-38-22-15-16-23-24(17-22)39-30(32-23)33-26(18-7-11-20(12-8-18)31(2,3)4)25(28(35)29(33)36)27(34)19-9-13-21(37-5)14-10-19/h7-17,26,34H,6H2,1-5H3. The summed E-state index contributed by atoms with van der Waals surface area (Å²) in [5.41, 5.74) is 2.86. The number of anilines is 1. The highest BCUT2D eigenvalue weighted by atomic mass is 32.1. The highest BCUT2D eigenvalue weighted by Crippen LogP contribution is 2.45. The fourth-order valence-corrected chi connectivity index (χ4v) is 5.69. The van der Waals surface area contributed by atoms with E-state index in [1.807, 2.05) is 49.4 Å². The molecule has 4 aromatic rings. The number of carbonyl (C=O) groups excluding carboxylic acids is 2. The van der Waals surface area contributed by atoms with E-state index in [1.54, 1.807) is 31.4 Å². The summed E-state index contributed by atoms with van der Waals surface area (Å²) < 4.78 is 11.7. The number of thiazole rings is 1. The van der Waals surface area contributed by atoms with Crippen LogP contribution in [0.25, 0.3) is 16.0 Å². The third-order valence-corrected chi connectivity index (χ3v) is 7.78. The fourth-order valence-electron chi connectivity index (χ4n) is 4.67.